The molecule has 0 aliphatic heterocycles. The van der Waals surface area contributed by atoms with Crippen LogP contribution < -0.4 is 0 Å². The van der Waals surface area contributed by atoms with Crippen molar-refractivity contribution in [2.45, 2.75) is 38.9 Å². The van der Waals surface area contributed by atoms with Gasteiger partial charge in [-0.05, 0) is 25.3 Å². The van der Waals surface area contributed by atoms with Crippen LogP contribution in [0.5, 0.6) is 0 Å². The molecule has 4 nitrogen and oxygen atoms in total. The summed E-state index contributed by atoms with van der Waals surface area (Å²) in [4.78, 5) is 11.4. The fourth-order valence-corrected chi connectivity index (χ4v) is 1.67. The van der Waals surface area contributed by atoms with Crippen molar-refractivity contribution in [1.29, 1.82) is 0 Å². The Hall–Kier alpha value is -1.65. The number of esters is 1. The third-order valence-corrected chi connectivity index (χ3v) is 2.91. The second-order valence-corrected chi connectivity index (χ2v) is 4.97. The van der Waals surface area contributed by atoms with Crippen LogP contribution in [0.3, 0.4) is 0 Å². The second-order valence-electron chi connectivity index (χ2n) is 4.97. The van der Waals surface area contributed by atoms with E-state index in [9.17, 15) is 15.0 Å². The molecule has 4 heteroatoms. The van der Waals surface area contributed by atoms with Crippen LogP contribution in [0, 0.1) is 5.92 Å². The fourth-order valence-electron chi connectivity index (χ4n) is 1.67. The van der Waals surface area contributed by atoms with Gasteiger partial charge in [0.25, 0.3) is 0 Å². The van der Waals surface area contributed by atoms with Gasteiger partial charge in [-0.3, -0.25) is 0 Å². The molecule has 0 saturated heterocycles. The van der Waals surface area contributed by atoms with Gasteiger partial charge < -0.3 is 14.9 Å². The minimum Gasteiger partial charge on any atom is -0.458 e. The van der Waals surface area contributed by atoms with Gasteiger partial charge in [0.2, 0.25) is 0 Å². The maximum atomic E-state index is 11.4. The van der Waals surface area contributed by atoms with Crippen LogP contribution in [0.15, 0.2) is 49.1 Å². The SMILES string of the molecule is C=CCC/C=C/C(=O)OC/C(C)=C\[C@@H](C)[C@H](O)C(O)C=C. The Labute approximate surface area is 127 Å². The average molecular weight is 294 g/mol. The van der Waals surface area contributed by atoms with Crippen LogP contribution in [-0.2, 0) is 9.53 Å². The van der Waals surface area contributed by atoms with E-state index < -0.39 is 18.2 Å². The smallest absolute Gasteiger partial charge is 0.330 e. The van der Waals surface area contributed by atoms with Crippen LogP contribution in [0.2, 0.25) is 0 Å². The van der Waals surface area contributed by atoms with Crippen molar-refractivity contribution >= 4 is 5.97 Å². The quantitative estimate of drug-likeness (QED) is 0.281. The number of allylic oxidation sites excluding steroid dienone is 2. The fraction of sp³-hybridized carbons (Fsp3) is 0.471. The van der Waals surface area contributed by atoms with E-state index in [-0.39, 0.29) is 12.5 Å². The first-order valence-corrected chi connectivity index (χ1v) is 7.02. The van der Waals surface area contributed by atoms with Crippen molar-refractivity contribution in [3.8, 4) is 0 Å². The van der Waals surface area contributed by atoms with Gasteiger partial charge in [-0.15, -0.1) is 13.2 Å². The maximum absolute atomic E-state index is 11.4. The average Bonchev–Trinajstić information content (AvgIpc) is 2.47. The molecule has 0 aliphatic rings. The standard InChI is InChI=1S/C17H26O4/c1-5-7-8-9-10-16(19)21-12-13(3)11-14(4)17(20)15(18)6-2/h5-6,9-11,14-15,17-18,20H,1-2,7-8,12H2,3-4H3/b10-9+,13-11-/t14-,15?,17+/m1/s1. The summed E-state index contributed by atoms with van der Waals surface area (Å²) in [6.07, 6.45) is 7.68. The largest absolute Gasteiger partial charge is 0.458 e. The molecule has 0 aromatic carbocycles. The van der Waals surface area contributed by atoms with E-state index in [0.29, 0.717) is 0 Å². The van der Waals surface area contributed by atoms with E-state index >= 15 is 0 Å². The molecule has 0 amide bonds. The molecule has 0 rings (SSSR count). The highest BCUT2D eigenvalue weighted by Gasteiger charge is 2.18. The molecule has 3 atom stereocenters. The molecule has 0 radical (unpaired) electrons. The summed E-state index contributed by atoms with van der Waals surface area (Å²) >= 11 is 0. The Balaban J connectivity index is 4.23. The summed E-state index contributed by atoms with van der Waals surface area (Å²) in [5.74, 6) is -0.661. The summed E-state index contributed by atoms with van der Waals surface area (Å²) in [6, 6.07) is 0. The Morgan fingerprint density at radius 1 is 1.29 bits per heavy atom. The lowest BCUT2D eigenvalue weighted by Gasteiger charge is -2.19. The first kappa shape index (κ1) is 19.4. The third kappa shape index (κ3) is 9.00. The predicted octanol–water partition coefficient (Wildman–Crippen LogP) is 2.54. The van der Waals surface area contributed by atoms with Gasteiger partial charge in [0.15, 0.2) is 0 Å². The maximum Gasteiger partial charge on any atom is 0.330 e. The highest BCUT2D eigenvalue weighted by atomic mass is 16.5. The van der Waals surface area contributed by atoms with Crippen molar-refractivity contribution in [2.75, 3.05) is 6.61 Å². The van der Waals surface area contributed by atoms with Crippen LogP contribution in [0.25, 0.3) is 0 Å². The number of aliphatic hydroxyl groups is 2. The summed E-state index contributed by atoms with van der Waals surface area (Å²) in [7, 11) is 0. The Morgan fingerprint density at radius 3 is 2.52 bits per heavy atom. The minimum absolute atomic E-state index is 0.159. The van der Waals surface area contributed by atoms with Gasteiger partial charge >= 0.3 is 5.97 Å². The molecule has 1 unspecified atom stereocenters. The summed E-state index contributed by atoms with van der Waals surface area (Å²) in [6.45, 7) is 10.8. The van der Waals surface area contributed by atoms with Gasteiger partial charge in [0, 0.05) is 12.0 Å². The van der Waals surface area contributed by atoms with Gasteiger partial charge in [-0.25, -0.2) is 4.79 Å². The third-order valence-electron chi connectivity index (χ3n) is 2.91. The summed E-state index contributed by atoms with van der Waals surface area (Å²) in [5.41, 5.74) is 0.811. The van der Waals surface area contributed by atoms with Crippen LogP contribution in [0.1, 0.15) is 26.7 Å². The second kappa shape index (κ2) is 11.1. The normalized spacial score (nSPS) is 16.3. The number of rotatable bonds is 10. The molecular weight excluding hydrogens is 268 g/mol. The molecule has 0 aliphatic carbocycles. The van der Waals surface area contributed by atoms with Crippen molar-refractivity contribution in [3.63, 3.8) is 0 Å². The first-order chi connectivity index (χ1) is 9.92. The molecule has 2 N–H and O–H groups in total. The summed E-state index contributed by atoms with van der Waals surface area (Å²) in [5, 5.41) is 19.3. The van der Waals surface area contributed by atoms with E-state index in [2.05, 4.69) is 13.2 Å². The van der Waals surface area contributed by atoms with Crippen molar-refractivity contribution in [2.24, 2.45) is 5.92 Å². The van der Waals surface area contributed by atoms with Crippen LogP contribution >= 0.6 is 0 Å². The number of aliphatic hydroxyl groups excluding tert-OH is 2. The van der Waals surface area contributed by atoms with Gasteiger partial charge in [-0.1, -0.05) is 31.2 Å². The van der Waals surface area contributed by atoms with Crippen LogP contribution in [-0.4, -0.2) is 35.0 Å². The molecule has 0 bridgehead atoms. The number of carbonyl (C=O) groups excluding carboxylic acids is 1. The monoisotopic (exact) mass is 294 g/mol. The highest BCUT2D eigenvalue weighted by Crippen LogP contribution is 2.12. The lowest BCUT2D eigenvalue weighted by Crippen LogP contribution is -2.29. The Kier molecular flexibility index (Phi) is 10.2. The van der Waals surface area contributed by atoms with Crippen LogP contribution in [0.4, 0.5) is 0 Å². The highest BCUT2D eigenvalue weighted by molar-refractivity contribution is 5.81. The zero-order valence-corrected chi connectivity index (χ0v) is 12.9. The van der Waals surface area contributed by atoms with Gasteiger partial charge in [0.05, 0.1) is 12.2 Å². The number of hydrogen-bond acceptors (Lipinski definition) is 4. The molecular formula is C17H26O4. The van der Waals surface area contributed by atoms with Crippen molar-refractivity contribution in [3.05, 3.63) is 49.1 Å². The zero-order valence-electron chi connectivity index (χ0n) is 12.9. The number of ether oxygens (including phenoxy) is 1. The molecule has 0 saturated carbocycles. The Morgan fingerprint density at radius 2 is 1.95 bits per heavy atom. The predicted molar refractivity (Wildman–Crippen MR) is 84.7 cm³/mol. The minimum atomic E-state index is -0.973. The summed E-state index contributed by atoms with van der Waals surface area (Å²) < 4.78 is 5.07. The molecule has 0 aromatic heterocycles. The van der Waals surface area contributed by atoms with Gasteiger partial charge in [0.1, 0.15) is 6.61 Å². The molecule has 118 valence electrons. The molecule has 0 spiro atoms. The topological polar surface area (TPSA) is 66.8 Å². The molecule has 0 fully saturated rings. The van der Waals surface area contributed by atoms with E-state index in [1.165, 1.54) is 12.2 Å². The molecule has 0 heterocycles. The van der Waals surface area contributed by atoms with Crippen molar-refractivity contribution < 1.29 is 19.7 Å². The van der Waals surface area contributed by atoms with Gasteiger partial charge in [-0.2, -0.15) is 0 Å². The van der Waals surface area contributed by atoms with E-state index in [1.807, 2.05) is 0 Å². The van der Waals surface area contributed by atoms with Crippen molar-refractivity contribution in [1.82, 2.24) is 0 Å². The number of carbonyl (C=O) groups is 1. The Bertz CT molecular complexity index is 396. The molecule has 0 aromatic rings. The zero-order chi connectivity index (χ0) is 16.3. The lowest BCUT2D eigenvalue weighted by molar-refractivity contribution is -0.136. The number of hydrogen-bond donors (Lipinski definition) is 2. The number of unbranched alkanes of at least 4 members (excludes halogenated alkanes) is 1. The first-order valence-electron chi connectivity index (χ1n) is 7.02. The van der Waals surface area contributed by atoms with E-state index in [1.54, 1.807) is 32.1 Å². The van der Waals surface area contributed by atoms with E-state index in [0.717, 1.165) is 18.4 Å². The molecule has 21 heavy (non-hydrogen) atoms. The lowest BCUT2D eigenvalue weighted by atomic mass is 9.97. The van der Waals surface area contributed by atoms with E-state index in [4.69, 9.17) is 4.74 Å².